The summed E-state index contributed by atoms with van der Waals surface area (Å²) in [6.45, 7) is 5.58. The molecule has 1 fully saturated rings. The Morgan fingerprint density at radius 3 is 2.50 bits per heavy atom. The monoisotopic (exact) mass is 408 g/mol. The van der Waals surface area contributed by atoms with Crippen LogP contribution in [-0.4, -0.2) is 49.1 Å². The number of benzene rings is 2. The Balaban J connectivity index is 1.58. The van der Waals surface area contributed by atoms with Crippen molar-refractivity contribution in [3.8, 4) is 5.75 Å². The van der Waals surface area contributed by atoms with Gasteiger partial charge in [-0.3, -0.25) is 9.59 Å². The lowest BCUT2D eigenvalue weighted by Gasteiger charge is -2.26. The lowest BCUT2D eigenvalue weighted by molar-refractivity contribution is -0.122. The molecule has 156 valence electrons. The highest BCUT2D eigenvalue weighted by atomic mass is 16.5. The van der Waals surface area contributed by atoms with Crippen molar-refractivity contribution in [3.05, 3.63) is 59.9 Å². The summed E-state index contributed by atoms with van der Waals surface area (Å²) in [6, 6.07) is 14.7. The van der Waals surface area contributed by atoms with Crippen LogP contribution < -0.4 is 10.1 Å². The smallest absolute Gasteiger partial charge is 0.291 e. The van der Waals surface area contributed by atoms with Gasteiger partial charge in [0.15, 0.2) is 6.10 Å². The molecule has 1 aromatic heterocycles. The van der Waals surface area contributed by atoms with Crippen molar-refractivity contribution >= 4 is 28.5 Å². The Morgan fingerprint density at radius 2 is 1.77 bits per heavy atom. The van der Waals surface area contributed by atoms with Crippen LogP contribution in [0.15, 0.2) is 52.9 Å². The molecule has 1 atom stereocenters. The van der Waals surface area contributed by atoms with E-state index in [4.69, 9.17) is 13.9 Å². The van der Waals surface area contributed by atoms with Crippen LogP contribution in [-0.2, 0) is 9.53 Å². The van der Waals surface area contributed by atoms with Gasteiger partial charge in [0.05, 0.1) is 13.2 Å². The highest BCUT2D eigenvalue weighted by Crippen LogP contribution is 2.32. The fourth-order valence-corrected chi connectivity index (χ4v) is 3.33. The molecule has 1 aliphatic heterocycles. The quantitative estimate of drug-likeness (QED) is 0.697. The number of nitrogens with zero attached hydrogens (tertiary/aromatic N) is 1. The zero-order chi connectivity index (χ0) is 21.1. The summed E-state index contributed by atoms with van der Waals surface area (Å²) in [5.41, 5.74) is 2.01. The summed E-state index contributed by atoms with van der Waals surface area (Å²) in [4.78, 5) is 27.6. The minimum Gasteiger partial charge on any atom is -0.481 e. The summed E-state index contributed by atoms with van der Waals surface area (Å²) in [5.74, 6) is 0.0916. The zero-order valence-corrected chi connectivity index (χ0v) is 17.0. The number of rotatable bonds is 5. The van der Waals surface area contributed by atoms with Gasteiger partial charge >= 0.3 is 0 Å². The van der Waals surface area contributed by atoms with E-state index in [-0.39, 0.29) is 17.6 Å². The van der Waals surface area contributed by atoms with E-state index in [0.717, 1.165) is 5.56 Å². The zero-order valence-electron chi connectivity index (χ0n) is 17.0. The number of hydrogen-bond acceptors (Lipinski definition) is 5. The van der Waals surface area contributed by atoms with Crippen LogP contribution in [0.1, 0.15) is 23.0 Å². The number of nitrogens with one attached hydrogen (secondary N) is 1. The summed E-state index contributed by atoms with van der Waals surface area (Å²) in [5, 5.41) is 3.52. The maximum Gasteiger partial charge on any atom is 0.291 e. The standard InChI is InChI=1S/C23H24N2O5/c1-15-7-9-17(10-8-15)29-16(2)22(26)24-20-18-5-3-4-6-19(18)30-21(20)23(27)25-11-13-28-14-12-25/h3-10,16H,11-14H2,1-2H3,(H,24,26)/t16-/m0/s1. The van der Waals surface area contributed by atoms with E-state index >= 15 is 0 Å². The van der Waals surface area contributed by atoms with Crippen LogP contribution in [0, 0.1) is 6.92 Å². The minimum absolute atomic E-state index is 0.119. The van der Waals surface area contributed by atoms with Crippen LogP contribution in [0.25, 0.3) is 11.0 Å². The molecule has 2 aromatic carbocycles. The second-order valence-electron chi connectivity index (χ2n) is 7.27. The van der Waals surface area contributed by atoms with E-state index in [9.17, 15) is 9.59 Å². The Labute approximate surface area is 174 Å². The number of ether oxygens (including phenoxy) is 2. The summed E-state index contributed by atoms with van der Waals surface area (Å²) in [6.07, 6.45) is -0.757. The van der Waals surface area contributed by atoms with Crippen LogP contribution in [0.5, 0.6) is 5.75 Å². The third-order valence-electron chi connectivity index (χ3n) is 5.04. The summed E-state index contributed by atoms with van der Waals surface area (Å²) >= 11 is 0. The van der Waals surface area contributed by atoms with E-state index in [1.165, 1.54) is 0 Å². The van der Waals surface area contributed by atoms with Gasteiger partial charge < -0.3 is 24.1 Å². The largest absolute Gasteiger partial charge is 0.481 e. The number of furan rings is 1. The normalized spacial score (nSPS) is 15.1. The molecule has 2 heterocycles. The van der Waals surface area contributed by atoms with Gasteiger partial charge in [0.25, 0.3) is 11.8 Å². The van der Waals surface area contributed by atoms with Gasteiger partial charge in [-0.2, -0.15) is 0 Å². The lowest BCUT2D eigenvalue weighted by atomic mass is 10.2. The first-order chi connectivity index (χ1) is 14.5. The first-order valence-corrected chi connectivity index (χ1v) is 9.95. The van der Waals surface area contributed by atoms with E-state index in [1.54, 1.807) is 17.9 Å². The molecular weight excluding hydrogens is 384 g/mol. The molecular formula is C23H24N2O5. The van der Waals surface area contributed by atoms with Crippen molar-refractivity contribution in [1.82, 2.24) is 4.90 Å². The molecule has 0 bridgehead atoms. The van der Waals surface area contributed by atoms with Gasteiger partial charge in [-0.15, -0.1) is 0 Å². The molecule has 30 heavy (non-hydrogen) atoms. The maximum absolute atomic E-state index is 13.1. The number of amides is 2. The number of aryl methyl sites for hydroxylation is 1. The SMILES string of the molecule is Cc1ccc(O[C@@H](C)C(=O)Nc2c(C(=O)N3CCOCC3)oc3ccccc23)cc1. The molecule has 7 nitrogen and oxygen atoms in total. The van der Waals surface area contributed by atoms with Crippen molar-refractivity contribution in [2.24, 2.45) is 0 Å². The van der Waals surface area contributed by atoms with Crippen LogP contribution in [0.4, 0.5) is 5.69 Å². The first kappa shape index (κ1) is 20.0. The number of carbonyl (C=O) groups is 2. The van der Waals surface area contributed by atoms with Gasteiger partial charge in [-0.25, -0.2) is 0 Å². The second kappa shape index (κ2) is 8.59. The molecule has 3 aromatic rings. The molecule has 0 saturated carbocycles. The topological polar surface area (TPSA) is 81.0 Å². The van der Waals surface area contributed by atoms with E-state index in [1.807, 2.05) is 49.4 Å². The maximum atomic E-state index is 13.1. The highest BCUT2D eigenvalue weighted by Gasteiger charge is 2.28. The molecule has 7 heteroatoms. The predicted molar refractivity (Wildman–Crippen MR) is 113 cm³/mol. The number of para-hydroxylation sites is 1. The molecule has 1 N–H and O–H groups in total. The fraction of sp³-hybridized carbons (Fsp3) is 0.304. The summed E-state index contributed by atoms with van der Waals surface area (Å²) in [7, 11) is 0. The fourth-order valence-electron chi connectivity index (χ4n) is 3.33. The van der Waals surface area contributed by atoms with Crippen LogP contribution in [0.3, 0.4) is 0 Å². The van der Waals surface area contributed by atoms with E-state index in [2.05, 4.69) is 5.32 Å². The minimum atomic E-state index is -0.757. The number of morpholine rings is 1. The molecule has 0 aliphatic carbocycles. The van der Waals surface area contributed by atoms with Gasteiger partial charge in [0, 0.05) is 18.5 Å². The molecule has 0 radical (unpaired) electrons. The van der Waals surface area contributed by atoms with Crippen molar-refractivity contribution in [2.45, 2.75) is 20.0 Å². The van der Waals surface area contributed by atoms with Crippen molar-refractivity contribution in [1.29, 1.82) is 0 Å². The molecule has 2 amide bonds. The van der Waals surface area contributed by atoms with Crippen molar-refractivity contribution in [3.63, 3.8) is 0 Å². The third kappa shape index (κ3) is 4.16. The third-order valence-corrected chi connectivity index (χ3v) is 5.04. The number of hydrogen-bond donors (Lipinski definition) is 1. The van der Waals surface area contributed by atoms with Crippen LogP contribution in [0.2, 0.25) is 0 Å². The van der Waals surface area contributed by atoms with Crippen LogP contribution >= 0.6 is 0 Å². The van der Waals surface area contributed by atoms with Gasteiger partial charge in [-0.05, 0) is 38.1 Å². The lowest BCUT2D eigenvalue weighted by Crippen LogP contribution is -2.41. The number of fused-ring (bicyclic) bond motifs is 1. The molecule has 0 spiro atoms. The van der Waals surface area contributed by atoms with Gasteiger partial charge in [-0.1, -0.05) is 29.8 Å². The van der Waals surface area contributed by atoms with Gasteiger partial charge in [0.1, 0.15) is 17.0 Å². The Kier molecular flexibility index (Phi) is 5.72. The second-order valence-corrected chi connectivity index (χ2v) is 7.27. The number of anilines is 1. The highest BCUT2D eigenvalue weighted by molar-refractivity contribution is 6.11. The van der Waals surface area contributed by atoms with E-state index < -0.39 is 6.10 Å². The molecule has 1 aliphatic rings. The Morgan fingerprint density at radius 1 is 1.07 bits per heavy atom. The number of carbonyl (C=O) groups excluding carboxylic acids is 2. The first-order valence-electron chi connectivity index (χ1n) is 9.95. The molecule has 1 saturated heterocycles. The van der Waals surface area contributed by atoms with Crippen molar-refractivity contribution in [2.75, 3.05) is 31.6 Å². The Hall–Kier alpha value is -3.32. The average Bonchev–Trinajstić information content (AvgIpc) is 3.13. The Bertz CT molecular complexity index is 1050. The molecule has 0 unspecified atom stereocenters. The van der Waals surface area contributed by atoms with Crippen molar-refractivity contribution < 1.29 is 23.5 Å². The van der Waals surface area contributed by atoms with E-state index in [0.29, 0.717) is 48.7 Å². The average molecular weight is 408 g/mol. The van der Waals surface area contributed by atoms with Gasteiger partial charge in [0.2, 0.25) is 5.76 Å². The molecule has 4 rings (SSSR count). The predicted octanol–water partition coefficient (Wildman–Crippen LogP) is 3.62. The summed E-state index contributed by atoms with van der Waals surface area (Å²) < 4.78 is 16.9.